The normalized spacial score (nSPS) is 15.2. The molecular weight excluding hydrogens is 461 g/mol. The van der Waals surface area contributed by atoms with Gasteiger partial charge in [0.2, 0.25) is 17.6 Å². The predicted octanol–water partition coefficient (Wildman–Crippen LogP) is 1.40. The van der Waals surface area contributed by atoms with E-state index in [0.29, 0.717) is 28.4 Å². The molecule has 10 nitrogen and oxygen atoms in total. The van der Waals surface area contributed by atoms with E-state index in [1.165, 1.54) is 28.6 Å². The molecule has 0 saturated carbocycles. The molecule has 0 spiro atoms. The number of piperazine rings is 1. The first kappa shape index (κ1) is 22.3. The van der Waals surface area contributed by atoms with E-state index in [2.05, 4.69) is 15.1 Å². The van der Waals surface area contributed by atoms with Gasteiger partial charge in [0, 0.05) is 50.3 Å². The average Bonchev–Trinajstić information content (AvgIpc) is 3.39. The topological polar surface area (TPSA) is 129 Å². The third-order valence-corrected chi connectivity index (χ3v) is 8.55. The number of halogens is 1. The van der Waals surface area contributed by atoms with Crippen molar-refractivity contribution in [3.63, 3.8) is 0 Å². The summed E-state index contributed by atoms with van der Waals surface area (Å²) in [6.45, 7) is 2.34. The van der Waals surface area contributed by atoms with Crippen molar-refractivity contribution in [2.45, 2.75) is 24.0 Å². The fourth-order valence-corrected chi connectivity index (χ4v) is 6.23. The molecule has 13 heteroatoms. The molecule has 1 saturated heterocycles. The summed E-state index contributed by atoms with van der Waals surface area (Å²) in [5.74, 6) is 0.0892. The number of aromatic nitrogens is 3. The van der Waals surface area contributed by atoms with Gasteiger partial charge in [-0.15, -0.1) is 0 Å². The molecule has 1 aliphatic rings. The summed E-state index contributed by atoms with van der Waals surface area (Å²) in [4.78, 5) is 31.9. The van der Waals surface area contributed by atoms with Gasteiger partial charge in [0.25, 0.3) is 10.0 Å². The van der Waals surface area contributed by atoms with Gasteiger partial charge in [-0.2, -0.15) is 9.29 Å². The third-order valence-electron chi connectivity index (χ3n) is 5.07. The second-order valence-corrected chi connectivity index (χ2v) is 10.3. The minimum Gasteiger partial charge on any atom is -0.340 e. The summed E-state index contributed by atoms with van der Waals surface area (Å²) in [6, 6.07) is 5.67. The lowest BCUT2D eigenvalue weighted by molar-refractivity contribution is -0.132. The third kappa shape index (κ3) is 4.64. The van der Waals surface area contributed by atoms with Crippen LogP contribution < -0.4 is 4.87 Å². The van der Waals surface area contributed by atoms with E-state index in [1.54, 1.807) is 11.8 Å². The van der Waals surface area contributed by atoms with Crippen LogP contribution >= 0.6 is 11.3 Å². The van der Waals surface area contributed by atoms with E-state index in [0.717, 1.165) is 0 Å². The standard InChI is InChI=1S/C19H20FN5O5S2/c1-12-18(31-19(27)21-12)32(28,29)25-10-8-24(9-11-25)16(26)7-6-15-22-17(23-30-15)13-2-4-14(20)5-3-13/h2-5H,6-11H2,1H3,(H,21,27). The summed E-state index contributed by atoms with van der Waals surface area (Å²) in [5.41, 5.74) is 0.922. The lowest BCUT2D eigenvalue weighted by atomic mass is 10.2. The molecule has 0 aliphatic carbocycles. The van der Waals surface area contributed by atoms with Gasteiger partial charge < -0.3 is 14.4 Å². The molecule has 32 heavy (non-hydrogen) atoms. The molecule has 1 fully saturated rings. The van der Waals surface area contributed by atoms with Crippen LogP contribution in [0, 0.1) is 12.7 Å². The maximum absolute atomic E-state index is 13.0. The highest BCUT2D eigenvalue weighted by molar-refractivity contribution is 7.91. The summed E-state index contributed by atoms with van der Waals surface area (Å²) in [5, 5.41) is 3.85. The van der Waals surface area contributed by atoms with Crippen LogP contribution in [0.4, 0.5) is 4.39 Å². The van der Waals surface area contributed by atoms with Crippen LogP contribution in [0.1, 0.15) is 18.0 Å². The van der Waals surface area contributed by atoms with E-state index in [-0.39, 0.29) is 60.8 Å². The molecule has 2 aromatic heterocycles. The van der Waals surface area contributed by atoms with Crippen molar-refractivity contribution in [2.75, 3.05) is 26.2 Å². The molecule has 1 aromatic carbocycles. The number of aromatic amines is 1. The van der Waals surface area contributed by atoms with E-state index in [9.17, 15) is 22.4 Å². The molecular formula is C19H20FN5O5S2. The number of benzene rings is 1. The van der Waals surface area contributed by atoms with Crippen LogP contribution in [-0.4, -0.2) is 64.8 Å². The Labute approximate surface area is 186 Å². The van der Waals surface area contributed by atoms with Crippen molar-refractivity contribution in [1.29, 1.82) is 0 Å². The molecule has 0 unspecified atom stereocenters. The van der Waals surface area contributed by atoms with E-state index in [1.807, 2.05) is 0 Å². The number of thiazole rings is 1. The fourth-order valence-electron chi connectivity index (χ4n) is 3.38. The van der Waals surface area contributed by atoms with Crippen LogP contribution in [0.25, 0.3) is 11.4 Å². The second kappa shape index (κ2) is 8.92. The summed E-state index contributed by atoms with van der Waals surface area (Å²) >= 11 is 0.666. The number of carbonyl (C=O) groups excluding carboxylic acids is 1. The minimum atomic E-state index is -3.78. The van der Waals surface area contributed by atoms with Gasteiger partial charge in [0.05, 0.1) is 0 Å². The summed E-state index contributed by atoms with van der Waals surface area (Å²) < 4.78 is 45.0. The first-order valence-electron chi connectivity index (χ1n) is 9.80. The Balaban J connectivity index is 1.31. The highest BCUT2D eigenvalue weighted by Crippen LogP contribution is 2.23. The number of amides is 1. The number of nitrogens with zero attached hydrogens (tertiary/aromatic N) is 4. The lowest BCUT2D eigenvalue weighted by Gasteiger charge is -2.33. The number of H-pyrrole nitrogens is 1. The molecule has 4 rings (SSSR count). The van der Waals surface area contributed by atoms with Gasteiger partial charge in [-0.3, -0.25) is 9.59 Å². The maximum Gasteiger partial charge on any atom is 0.305 e. The van der Waals surface area contributed by atoms with Crippen molar-refractivity contribution in [3.05, 3.63) is 51.3 Å². The molecule has 1 N–H and O–H groups in total. The Morgan fingerprint density at radius 1 is 1.22 bits per heavy atom. The quantitative estimate of drug-likeness (QED) is 0.563. The molecule has 170 valence electrons. The van der Waals surface area contributed by atoms with Crippen LogP contribution in [0.5, 0.6) is 0 Å². The van der Waals surface area contributed by atoms with Gasteiger partial charge in [-0.05, 0) is 31.2 Å². The van der Waals surface area contributed by atoms with Gasteiger partial charge in [0.15, 0.2) is 4.21 Å². The Hall–Kier alpha value is -2.90. The van der Waals surface area contributed by atoms with Crippen LogP contribution in [0.2, 0.25) is 0 Å². The molecule has 1 aliphatic heterocycles. The van der Waals surface area contributed by atoms with Crippen LogP contribution in [0.15, 0.2) is 37.8 Å². The van der Waals surface area contributed by atoms with Gasteiger partial charge >= 0.3 is 4.87 Å². The van der Waals surface area contributed by atoms with Gasteiger partial charge in [-0.1, -0.05) is 16.5 Å². The first-order chi connectivity index (χ1) is 15.2. The predicted molar refractivity (Wildman–Crippen MR) is 113 cm³/mol. The number of carbonyl (C=O) groups is 1. The van der Waals surface area contributed by atoms with Crippen molar-refractivity contribution in [2.24, 2.45) is 0 Å². The number of aryl methyl sites for hydroxylation is 2. The highest BCUT2D eigenvalue weighted by atomic mass is 32.2. The van der Waals surface area contributed by atoms with E-state index in [4.69, 9.17) is 4.52 Å². The zero-order chi connectivity index (χ0) is 22.9. The second-order valence-electron chi connectivity index (χ2n) is 7.23. The number of hydrogen-bond donors (Lipinski definition) is 1. The summed E-state index contributed by atoms with van der Waals surface area (Å²) in [7, 11) is -3.78. The largest absolute Gasteiger partial charge is 0.340 e. The minimum absolute atomic E-state index is 0.00984. The van der Waals surface area contributed by atoms with E-state index >= 15 is 0 Å². The van der Waals surface area contributed by atoms with Crippen molar-refractivity contribution in [1.82, 2.24) is 24.3 Å². The zero-order valence-corrected chi connectivity index (χ0v) is 18.7. The summed E-state index contributed by atoms with van der Waals surface area (Å²) in [6.07, 6.45) is 0.373. The highest BCUT2D eigenvalue weighted by Gasteiger charge is 2.32. The maximum atomic E-state index is 13.0. The SMILES string of the molecule is Cc1[nH]c(=O)sc1S(=O)(=O)N1CCN(C(=O)CCc2nc(-c3ccc(F)cc3)no2)CC1. The Morgan fingerprint density at radius 3 is 2.53 bits per heavy atom. The van der Waals surface area contributed by atoms with Crippen molar-refractivity contribution >= 4 is 27.3 Å². The monoisotopic (exact) mass is 481 g/mol. The van der Waals surface area contributed by atoms with Crippen LogP contribution in [-0.2, 0) is 21.2 Å². The number of hydrogen-bond acceptors (Lipinski definition) is 8. The molecule has 1 amide bonds. The Morgan fingerprint density at radius 2 is 1.91 bits per heavy atom. The number of rotatable bonds is 6. The van der Waals surface area contributed by atoms with E-state index < -0.39 is 14.9 Å². The zero-order valence-electron chi connectivity index (χ0n) is 17.1. The van der Waals surface area contributed by atoms with Crippen LogP contribution in [0.3, 0.4) is 0 Å². The smallest absolute Gasteiger partial charge is 0.305 e. The van der Waals surface area contributed by atoms with Gasteiger partial charge in [0.1, 0.15) is 5.82 Å². The molecule has 3 aromatic rings. The Bertz CT molecular complexity index is 1270. The number of sulfonamides is 1. The Kier molecular flexibility index (Phi) is 6.22. The van der Waals surface area contributed by atoms with Gasteiger partial charge in [-0.25, -0.2) is 12.8 Å². The average molecular weight is 482 g/mol. The molecule has 0 radical (unpaired) electrons. The van der Waals surface area contributed by atoms with Crippen molar-refractivity contribution in [3.8, 4) is 11.4 Å². The lowest BCUT2D eigenvalue weighted by Crippen LogP contribution is -2.50. The first-order valence-corrected chi connectivity index (χ1v) is 12.1. The fraction of sp³-hybridized carbons (Fsp3) is 0.368. The molecule has 0 atom stereocenters. The molecule has 0 bridgehead atoms. The van der Waals surface area contributed by atoms with Crippen molar-refractivity contribution < 1.29 is 22.1 Å². The molecule has 3 heterocycles. The number of nitrogens with one attached hydrogen (secondary N) is 1.